The maximum atomic E-state index is 12.6. The molecule has 24 heavy (non-hydrogen) atoms. The summed E-state index contributed by atoms with van der Waals surface area (Å²) in [4.78, 5) is 14.3. The molecule has 0 atom stereocenters. The van der Waals surface area contributed by atoms with Crippen LogP contribution in [0.25, 0.3) is 6.08 Å². The Morgan fingerprint density at radius 3 is 2.67 bits per heavy atom. The van der Waals surface area contributed by atoms with E-state index in [4.69, 9.17) is 9.47 Å². The van der Waals surface area contributed by atoms with Gasteiger partial charge in [-0.25, -0.2) is 0 Å². The quantitative estimate of drug-likeness (QED) is 0.845. The van der Waals surface area contributed by atoms with Crippen LogP contribution in [0.3, 0.4) is 0 Å². The summed E-state index contributed by atoms with van der Waals surface area (Å²) in [5.41, 5.74) is 2.68. The van der Waals surface area contributed by atoms with E-state index >= 15 is 0 Å². The van der Waals surface area contributed by atoms with Crippen molar-refractivity contribution in [2.75, 3.05) is 20.3 Å². The van der Waals surface area contributed by atoms with Crippen molar-refractivity contribution >= 4 is 12.0 Å². The number of likely N-dealkylation sites (N-methyl/N-ethyl adjacent to an activating group) is 1. The van der Waals surface area contributed by atoms with Gasteiger partial charge in [0.15, 0.2) is 0 Å². The lowest BCUT2D eigenvalue weighted by Crippen LogP contribution is -2.30. The molecule has 0 spiro atoms. The van der Waals surface area contributed by atoms with Crippen molar-refractivity contribution in [3.8, 4) is 11.5 Å². The summed E-state index contributed by atoms with van der Waals surface area (Å²) in [7, 11) is 1.81. The summed E-state index contributed by atoms with van der Waals surface area (Å²) in [6.07, 6.45) is 1.91. The van der Waals surface area contributed by atoms with E-state index in [-0.39, 0.29) is 5.91 Å². The Kier molecular flexibility index (Phi) is 4.85. The van der Waals surface area contributed by atoms with Crippen LogP contribution >= 0.6 is 0 Å². The van der Waals surface area contributed by atoms with Crippen LogP contribution in [-0.4, -0.2) is 31.1 Å². The van der Waals surface area contributed by atoms with Gasteiger partial charge in [-0.2, -0.15) is 0 Å². The third kappa shape index (κ3) is 3.59. The number of hydrogen-bond donors (Lipinski definition) is 0. The maximum absolute atomic E-state index is 12.6. The van der Waals surface area contributed by atoms with Crippen LogP contribution in [0, 0.1) is 0 Å². The molecule has 0 saturated heterocycles. The van der Waals surface area contributed by atoms with Crippen molar-refractivity contribution in [3.63, 3.8) is 0 Å². The van der Waals surface area contributed by atoms with Crippen molar-refractivity contribution in [1.82, 2.24) is 4.90 Å². The Morgan fingerprint density at radius 2 is 1.92 bits per heavy atom. The van der Waals surface area contributed by atoms with Gasteiger partial charge in [-0.15, -0.1) is 0 Å². The third-order valence-electron chi connectivity index (χ3n) is 3.91. The van der Waals surface area contributed by atoms with E-state index in [0.29, 0.717) is 25.3 Å². The molecule has 0 saturated carbocycles. The number of benzene rings is 2. The fourth-order valence-corrected chi connectivity index (χ4v) is 2.69. The fraction of sp³-hybridized carbons (Fsp3) is 0.250. The van der Waals surface area contributed by atoms with Gasteiger partial charge in [-0.3, -0.25) is 4.79 Å². The summed E-state index contributed by atoms with van der Waals surface area (Å²) in [6.45, 7) is 3.46. The second kappa shape index (κ2) is 7.21. The highest BCUT2D eigenvalue weighted by Gasteiger charge is 2.20. The Morgan fingerprint density at radius 1 is 1.17 bits per heavy atom. The highest BCUT2D eigenvalue weighted by atomic mass is 16.5. The highest BCUT2D eigenvalue weighted by Crippen LogP contribution is 2.26. The SMILES string of the molecule is CCOc1ccc(CN(C)C(=O)C2=Cc3ccccc3OC2)cc1. The molecule has 0 N–H and O–H groups in total. The Labute approximate surface area is 142 Å². The first-order chi connectivity index (χ1) is 11.7. The number of nitrogens with zero attached hydrogens (tertiary/aromatic N) is 1. The number of hydrogen-bond acceptors (Lipinski definition) is 3. The van der Waals surface area contributed by atoms with Crippen LogP contribution < -0.4 is 9.47 Å². The number of fused-ring (bicyclic) bond motifs is 1. The zero-order valence-electron chi connectivity index (χ0n) is 14.0. The van der Waals surface area contributed by atoms with Gasteiger partial charge in [-0.1, -0.05) is 30.3 Å². The molecule has 1 heterocycles. The van der Waals surface area contributed by atoms with Gasteiger partial charge in [0.2, 0.25) is 0 Å². The van der Waals surface area contributed by atoms with Crippen LogP contribution in [-0.2, 0) is 11.3 Å². The van der Waals surface area contributed by atoms with Crippen molar-refractivity contribution in [2.24, 2.45) is 0 Å². The van der Waals surface area contributed by atoms with Gasteiger partial charge in [0.1, 0.15) is 18.1 Å². The molecule has 0 fully saturated rings. The lowest BCUT2D eigenvalue weighted by Gasteiger charge is -2.22. The number of para-hydroxylation sites is 1. The second-order valence-electron chi connectivity index (χ2n) is 5.73. The van der Waals surface area contributed by atoms with Crippen molar-refractivity contribution in [3.05, 3.63) is 65.2 Å². The van der Waals surface area contributed by atoms with E-state index in [1.165, 1.54) is 0 Å². The molecule has 124 valence electrons. The molecule has 3 rings (SSSR count). The van der Waals surface area contributed by atoms with Gasteiger partial charge >= 0.3 is 0 Å². The molecule has 1 aliphatic heterocycles. The maximum Gasteiger partial charge on any atom is 0.253 e. The zero-order chi connectivity index (χ0) is 16.9. The normalized spacial score (nSPS) is 12.7. The number of carbonyl (C=O) groups excluding carboxylic acids is 1. The molecule has 0 aromatic heterocycles. The highest BCUT2D eigenvalue weighted by molar-refractivity contribution is 5.99. The fourth-order valence-electron chi connectivity index (χ4n) is 2.69. The third-order valence-corrected chi connectivity index (χ3v) is 3.91. The molecule has 0 bridgehead atoms. The summed E-state index contributed by atoms with van der Waals surface area (Å²) in [5, 5.41) is 0. The van der Waals surface area contributed by atoms with E-state index < -0.39 is 0 Å². The predicted molar refractivity (Wildman–Crippen MR) is 94.0 cm³/mol. The van der Waals surface area contributed by atoms with Gasteiger partial charge in [0.05, 0.1) is 12.2 Å². The van der Waals surface area contributed by atoms with Crippen LogP contribution in [0.15, 0.2) is 54.1 Å². The minimum atomic E-state index is -0.0154. The summed E-state index contributed by atoms with van der Waals surface area (Å²) in [5.74, 6) is 1.65. The standard InChI is InChI=1S/C20H21NO3/c1-3-23-18-10-8-15(9-11-18)13-21(2)20(22)17-12-16-6-4-5-7-19(16)24-14-17/h4-12H,3,13-14H2,1-2H3. The minimum absolute atomic E-state index is 0.0154. The average molecular weight is 323 g/mol. The van der Waals surface area contributed by atoms with Crippen LogP contribution in [0.2, 0.25) is 0 Å². The molecule has 4 nitrogen and oxygen atoms in total. The first-order valence-corrected chi connectivity index (χ1v) is 8.07. The van der Waals surface area contributed by atoms with Crippen molar-refractivity contribution in [1.29, 1.82) is 0 Å². The first-order valence-electron chi connectivity index (χ1n) is 8.07. The summed E-state index contributed by atoms with van der Waals surface area (Å²) >= 11 is 0. The van der Waals surface area contributed by atoms with Gasteiger partial charge in [0, 0.05) is 19.2 Å². The lowest BCUT2D eigenvalue weighted by atomic mass is 10.1. The van der Waals surface area contributed by atoms with Crippen LogP contribution in [0.5, 0.6) is 11.5 Å². The number of carbonyl (C=O) groups is 1. The molecule has 0 radical (unpaired) electrons. The average Bonchev–Trinajstić information content (AvgIpc) is 2.62. The van der Waals surface area contributed by atoms with Crippen LogP contribution in [0.4, 0.5) is 0 Å². The Balaban J connectivity index is 1.68. The van der Waals surface area contributed by atoms with E-state index in [9.17, 15) is 4.79 Å². The monoisotopic (exact) mass is 323 g/mol. The topological polar surface area (TPSA) is 38.8 Å². The largest absolute Gasteiger partial charge is 0.494 e. The van der Waals surface area contributed by atoms with Crippen LogP contribution in [0.1, 0.15) is 18.1 Å². The molecular formula is C20H21NO3. The Hall–Kier alpha value is -2.75. The summed E-state index contributed by atoms with van der Waals surface area (Å²) < 4.78 is 11.1. The van der Waals surface area contributed by atoms with Gasteiger partial charge in [-0.05, 0) is 36.8 Å². The molecular weight excluding hydrogens is 302 g/mol. The minimum Gasteiger partial charge on any atom is -0.494 e. The molecule has 2 aromatic rings. The van der Waals surface area contributed by atoms with Gasteiger partial charge in [0.25, 0.3) is 5.91 Å². The van der Waals surface area contributed by atoms with E-state index in [1.54, 1.807) is 11.9 Å². The predicted octanol–water partition coefficient (Wildman–Crippen LogP) is 3.52. The summed E-state index contributed by atoms with van der Waals surface area (Å²) in [6, 6.07) is 15.6. The Bertz CT molecular complexity index is 750. The van der Waals surface area contributed by atoms with E-state index in [2.05, 4.69) is 0 Å². The molecule has 1 aliphatic rings. The number of rotatable bonds is 5. The lowest BCUT2D eigenvalue weighted by molar-refractivity contribution is -0.126. The zero-order valence-corrected chi connectivity index (χ0v) is 14.0. The number of ether oxygens (including phenoxy) is 2. The molecule has 0 unspecified atom stereocenters. The molecule has 1 amide bonds. The van der Waals surface area contributed by atoms with E-state index in [1.807, 2.05) is 61.5 Å². The molecule has 0 aliphatic carbocycles. The smallest absolute Gasteiger partial charge is 0.253 e. The molecule has 4 heteroatoms. The van der Waals surface area contributed by atoms with Crippen molar-refractivity contribution < 1.29 is 14.3 Å². The van der Waals surface area contributed by atoms with E-state index in [0.717, 1.165) is 22.6 Å². The first kappa shape index (κ1) is 16.1. The number of amides is 1. The molecule has 2 aromatic carbocycles. The van der Waals surface area contributed by atoms with Crippen molar-refractivity contribution in [2.45, 2.75) is 13.5 Å². The van der Waals surface area contributed by atoms with Gasteiger partial charge < -0.3 is 14.4 Å². The second-order valence-corrected chi connectivity index (χ2v) is 5.73.